The number of hydrogen-bond donors (Lipinski definition) is 0. The van der Waals surface area contributed by atoms with Gasteiger partial charge in [0.25, 0.3) is 0 Å². The van der Waals surface area contributed by atoms with Crippen molar-refractivity contribution in [3.05, 3.63) is 57.6 Å². The van der Waals surface area contributed by atoms with Crippen LogP contribution in [0.4, 0.5) is 0 Å². The Labute approximate surface area is 159 Å². The zero-order chi connectivity index (χ0) is 19.1. The summed E-state index contributed by atoms with van der Waals surface area (Å²) in [5, 5.41) is 20.3. The minimum atomic E-state index is -1.27. The molecule has 2 rings (SSSR count). The lowest BCUT2D eigenvalue weighted by Crippen LogP contribution is -2.21. The Hall–Kier alpha value is -3.22. The van der Waals surface area contributed by atoms with Crippen molar-refractivity contribution in [3.63, 3.8) is 0 Å². The molecule has 0 unspecified atom stereocenters. The van der Waals surface area contributed by atoms with Crippen molar-refractivity contribution in [2.24, 2.45) is 0 Å². The average Bonchev–Trinajstić information content (AvgIpc) is 2.64. The first kappa shape index (κ1) is 19.1. The van der Waals surface area contributed by atoms with Gasteiger partial charge in [0, 0.05) is 0 Å². The first-order valence-corrected chi connectivity index (χ1v) is 8.16. The third kappa shape index (κ3) is 4.44. The van der Waals surface area contributed by atoms with E-state index in [9.17, 15) is 15.2 Å². The summed E-state index contributed by atoms with van der Waals surface area (Å²) in [7, 11) is 1.50. The molecule has 0 radical (unpaired) electrons. The molecule has 0 saturated heterocycles. The number of carbonyl (C=O) groups is 1. The van der Waals surface area contributed by atoms with Gasteiger partial charge in [0.2, 0.25) is 0 Å². The molecular weight excluding hydrogens is 398 g/mol. The van der Waals surface area contributed by atoms with Crippen LogP contribution in [-0.2, 0) is 0 Å². The molecule has 0 aliphatic carbocycles. The highest BCUT2D eigenvalue weighted by molar-refractivity contribution is 9.10. The van der Waals surface area contributed by atoms with E-state index in [2.05, 4.69) is 27.9 Å². The maximum atomic E-state index is 10.8. The van der Waals surface area contributed by atoms with E-state index in [-0.39, 0.29) is 12.2 Å². The number of nitrogens with zero attached hydrogens (tertiary/aromatic N) is 1. The summed E-state index contributed by atoms with van der Waals surface area (Å²) in [4.78, 5) is 10.8. The maximum absolute atomic E-state index is 10.8. The molecule has 0 bridgehead atoms. The van der Waals surface area contributed by atoms with Gasteiger partial charge < -0.3 is 19.4 Å². The Morgan fingerprint density at radius 1 is 1.31 bits per heavy atom. The summed E-state index contributed by atoms with van der Waals surface area (Å²) in [5.41, 5.74) is 1.69. The predicted octanol–water partition coefficient (Wildman–Crippen LogP) is 2.90. The minimum absolute atomic E-state index is 0.0467. The summed E-state index contributed by atoms with van der Waals surface area (Å²) >= 11 is 3.40. The van der Waals surface area contributed by atoms with E-state index < -0.39 is 5.97 Å². The van der Waals surface area contributed by atoms with Gasteiger partial charge >= 0.3 is 0 Å². The molecule has 0 aliphatic rings. The summed E-state index contributed by atoms with van der Waals surface area (Å²) < 4.78 is 11.4. The Morgan fingerprint density at radius 3 is 2.50 bits per heavy atom. The molecule has 2 aromatic rings. The highest BCUT2D eigenvalue weighted by Crippen LogP contribution is 2.37. The van der Waals surface area contributed by atoms with Crippen molar-refractivity contribution in [2.45, 2.75) is 0 Å². The highest BCUT2D eigenvalue weighted by Gasteiger charge is 2.11. The number of aromatic carboxylic acids is 1. The molecule has 0 fully saturated rings. The molecule has 0 aliphatic heterocycles. The third-order valence-corrected chi connectivity index (χ3v) is 4.00. The van der Waals surface area contributed by atoms with Crippen LogP contribution in [0.3, 0.4) is 0 Å². The van der Waals surface area contributed by atoms with Crippen LogP contribution in [0.2, 0.25) is 0 Å². The Morgan fingerprint density at radius 2 is 1.96 bits per heavy atom. The zero-order valence-electron chi connectivity index (χ0n) is 13.8. The number of rotatable bonds is 6. The van der Waals surface area contributed by atoms with Crippen LogP contribution in [0.5, 0.6) is 11.5 Å². The van der Waals surface area contributed by atoms with Crippen LogP contribution in [0.15, 0.2) is 40.9 Å². The molecule has 0 spiro atoms. The molecule has 0 atom stereocenters. The smallest absolute Gasteiger partial charge is 0.176 e. The van der Waals surface area contributed by atoms with E-state index >= 15 is 0 Å². The lowest BCUT2D eigenvalue weighted by atomic mass is 10.0. The highest BCUT2D eigenvalue weighted by atomic mass is 79.9. The second kappa shape index (κ2) is 8.75. The lowest BCUT2D eigenvalue weighted by molar-refractivity contribution is -0.255. The normalized spacial score (nSPS) is 10.5. The Bertz CT molecular complexity index is 934. The first-order chi connectivity index (χ1) is 12.5. The van der Waals surface area contributed by atoms with Crippen LogP contribution < -0.4 is 14.6 Å². The second-order valence-electron chi connectivity index (χ2n) is 5.06. The molecule has 0 saturated carbocycles. The lowest BCUT2D eigenvalue weighted by Gasteiger charge is -2.12. The van der Waals surface area contributed by atoms with Crippen LogP contribution in [0, 0.1) is 23.7 Å². The van der Waals surface area contributed by atoms with Gasteiger partial charge in [0.1, 0.15) is 6.61 Å². The van der Waals surface area contributed by atoms with Gasteiger partial charge in [-0.05, 0) is 50.8 Å². The molecule has 0 aromatic heterocycles. The monoisotopic (exact) mass is 410 g/mol. The quantitative estimate of drug-likeness (QED) is 0.415. The van der Waals surface area contributed by atoms with Crippen LogP contribution >= 0.6 is 15.9 Å². The van der Waals surface area contributed by atoms with Crippen molar-refractivity contribution in [1.82, 2.24) is 0 Å². The molecule has 26 heavy (non-hydrogen) atoms. The number of benzene rings is 2. The minimum Gasteiger partial charge on any atom is -0.545 e. The first-order valence-electron chi connectivity index (χ1n) is 7.37. The Kier molecular flexibility index (Phi) is 6.43. The van der Waals surface area contributed by atoms with Gasteiger partial charge in [-0.15, -0.1) is 6.42 Å². The number of nitriles is 1. The van der Waals surface area contributed by atoms with Crippen molar-refractivity contribution >= 4 is 33.5 Å². The van der Waals surface area contributed by atoms with E-state index in [0.29, 0.717) is 32.7 Å². The van der Waals surface area contributed by atoms with E-state index in [4.69, 9.17) is 15.9 Å². The van der Waals surface area contributed by atoms with Crippen molar-refractivity contribution in [3.8, 4) is 29.9 Å². The average molecular weight is 411 g/mol. The predicted molar refractivity (Wildman–Crippen MR) is 99.3 cm³/mol. The van der Waals surface area contributed by atoms with E-state index in [1.807, 2.05) is 0 Å². The molecule has 6 heteroatoms. The SMILES string of the molecule is C#CCOc1c(Br)cc(/C=C(/C#N)c2ccc(C(=O)[O-])cc2)cc1OC. The number of carboxylic acids is 1. The van der Waals surface area contributed by atoms with Crippen LogP contribution in [-0.4, -0.2) is 19.7 Å². The second-order valence-corrected chi connectivity index (χ2v) is 5.92. The largest absolute Gasteiger partial charge is 0.545 e. The molecule has 0 heterocycles. The molecule has 130 valence electrons. The number of terminal acetylenes is 1. The van der Waals surface area contributed by atoms with Crippen molar-refractivity contribution in [1.29, 1.82) is 5.26 Å². The summed E-state index contributed by atoms with van der Waals surface area (Å²) in [6.07, 6.45) is 6.87. The molecule has 0 N–H and O–H groups in total. The van der Waals surface area contributed by atoms with E-state index in [0.717, 1.165) is 0 Å². The topological polar surface area (TPSA) is 82.4 Å². The summed E-state index contributed by atoms with van der Waals surface area (Å²) in [6.45, 7) is 0.0956. The number of halogens is 1. The van der Waals surface area contributed by atoms with Gasteiger partial charge in [-0.25, -0.2) is 0 Å². The standard InChI is InChI=1S/C20H14BrNO4/c1-3-8-26-19-17(21)10-13(11-18(19)25-2)9-16(12-22)14-4-6-15(7-5-14)20(23)24/h1,4-7,9-11H,8H2,2H3,(H,23,24)/p-1/b16-9-. The number of allylic oxidation sites excluding steroid dienone is 1. The van der Waals surface area contributed by atoms with Crippen molar-refractivity contribution in [2.75, 3.05) is 13.7 Å². The van der Waals surface area contributed by atoms with Gasteiger partial charge in [0.15, 0.2) is 11.5 Å². The zero-order valence-corrected chi connectivity index (χ0v) is 15.4. The van der Waals surface area contributed by atoms with Crippen LogP contribution in [0.1, 0.15) is 21.5 Å². The van der Waals surface area contributed by atoms with Gasteiger partial charge in [-0.3, -0.25) is 0 Å². The number of ether oxygens (including phenoxy) is 2. The number of methoxy groups -OCH3 is 1. The van der Waals surface area contributed by atoms with E-state index in [1.165, 1.54) is 19.2 Å². The fraction of sp³-hybridized carbons (Fsp3) is 0.100. The molecule has 2 aromatic carbocycles. The molecule has 5 nitrogen and oxygen atoms in total. The Balaban J connectivity index is 2.42. The fourth-order valence-corrected chi connectivity index (χ4v) is 2.78. The van der Waals surface area contributed by atoms with Crippen molar-refractivity contribution < 1.29 is 19.4 Å². The number of carboxylic acid groups (broad SMARTS) is 1. The summed E-state index contributed by atoms with van der Waals surface area (Å²) in [5.74, 6) is 2.05. The van der Waals surface area contributed by atoms with Gasteiger partial charge in [0.05, 0.1) is 29.2 Å². The summed E-state index contributed by atoms with van der Waals surface area (Å²) in [6, 6.07) is 11.5. The fourth-order valence-electron chi connectivity index (χ4n) is 2.21. The van der Waals surface area contributed by atoms with E-state index in [1.54, 1.807) is 30.3 Å². The van der Waals surface area contributed by atoms with Crippen LogP contribution in [0.25, 0.3) is 11.6 Å². The van der Waals surface area contributed by atoms with Gasteiger partial charge in [-0.2, -0.15) is 5.26 Å². The molecular formula is C20H13BrNO4-. The number of carbonyl (C=O) groups excluding carboxylic acids is 1. The maximum Gasteiger partial charge on any atom is 0.176 e. The number of hydrogen-bond acceptors (Lipinski definition) is 5. The molecule has 0 amide bonds. The van der Waals surface area contributed by atoms with Gasteiger partial charge in [-0.1, -0.05) is 30.2 Å². The third-order valence-electron chi connectivity index (χ3n) is 3.41.